The molecule has 0 aromatic carbocycles. The number of hydrogen-bond acceptors (Lipinski definition) is 3. The van der Waals surface area contributed by atoms with Crippen molar-refractivity contribution in [3.63, 3.8) is 0 Å². The summed E-state index contributed by atoms with van der Waals surface area (Å²) in [5, 5.41) is -0.123. The molecule has 108 valence electrons. The van der Waals surface area contributed by atoms with Crippen LogP contribution in [-0.4, -0.2) is 27.2 Å². The lowest BCUT2D eigenvalue weighted by Gasteiger charge is -2.29. The fraction of sp³-hybridized carbons (Fsp3) is 0.600. The van der Waals surface area contributed by atoms with E-state index in [9.17, 15) is 0 Å². The molecule has 4 nitrogen and oxygen atoms in total. The largest absolute Gasteiger partial charge is 0.378 e. The fourth-order valence-corrected chi connectivity index (χ4v) is 3.13. The van der Waals surface area contributed by atoms with E-state index in [1.165, 1.54) is 0 Å². The number of alkyl halides is 1. The summed E-state index contributed by atoms with van der Waals surface area (Å²) in [5.41, 5.74) is 3.06. The number of rotatable bonds is 2. The average molecular weight is 294 g/mol. The van der Waals surface area contributed by atoms with E-state index in [-0.39, 0.29) is 11.5 Å². The summed E-state index contributed by atoms with van der Waals surface area (Å²) in [5.74, 6) is 0.919. The zero-order valence-corrected chi connectivity index (χ0v) is 12.9. The summed E-state index contributed by atoms with van der Waals surface area (Å²) in [6.07, 6.45) is 4.09. The van der Waals surface area contributed by atoms with Crippen LogP contribution in [0.15, 0.2) is 12.3 Å². The zero-order chi connectivity index (χ0) is 14.3. The zero-order valence-electron chi connectivity index (χ0n) is 12.1. The number of pyridine rings is 1. The molecule has 20 heavy (non-hydrogen) atoms. The Morgan fingerprint density at radius 2 is 2.30 bits per heavy atom. The summed E-state index contributed by atoms with van der Waals surface area (Å²) in [6.45, 7) is 6.94. The summed E-state index contributed by atoms with van der Waals surface area (Å²) < 4.78 is 7.89. The van der Waals surface area contributed by atoms with Crippen LogP contribution >= 0.6 is 11.6 Å². The van der Waals surface area contributed by atoms with E-state index in [4.69, 9.17) is 21.3 Å². The third kappa shape index (κ3) is 2.31. The number of fused-ring (bicyclic) bond motifs is 1. The number of ether oxygens (including phenoxy) is 1. The second-order valence-corrected chi connectivity index (χ2v) is 6.27. The number of imidazole rings is 1. The standard InChI is InChI=1S/C15H20ClN3O/c1-9-4-6-17-15-13(9)18-14(11(3)16)19(15)12-5-7-20-10(2)8-12/h4,6,10-12H,5,7-8H2,1-3H3. The van der Waals surface area contributed by atoms with Gasteiger partial charge in [-0.15, -0.1) is 11.6 Å². The van der Waals surface area contributed by atoms with Gasteiger partial charge in [0.15, 0.2) is 5.65 Å². The second-order valence-electron chi connectivity index (χ2n) is 5.62. The Kier molecular flexibility index (Phi) is 3.69. The molecule has 3 atom stereocenters. The van der Waals surface area contributed by atoms with Crippen molar-refractivity contribution in [2.45, 2.75) is 51.1 Å². The first-order chi connectivity index (χ1) is 9.58. The summed E-state index contributed by atoms with van der Waals surface area (Å²) >= 11 is 6.35. The highest BCUT2D eigenvalue weighted by Crippen LogP contribution is 2.33. The molecule has 3 unspecified atom stereocenters. The minimum atomic E-state index is -0.123. The highest BCUT2D eigenvalue weighted by atomic mass is 35.5. The Morgan fingerprint density at radius 3 is 3.00 bits per heavy atom. The van der Waals surface area contributed by atoms with E-state index in [1.54, 1.807) is 0 Å². The molecule has 0 N–H and O–H groups in total. The highest BCUT2D eigenvalue weighted by molar-refractivity contribution is 6.20. The van der Waals surface area contributed by atoms with Crippen molar-refractivity contribution in [2.24, 2.45) is 0 Å². The molecule has 0 aliphatic carbocycles. The summed E-state index contributed by atoms with van der Waals surface area (Å²) in [4.78, 5) is 9.29. The van der Waals surface area contributed by atoms with Crippen LogP contribution in [0.4, 0.5) is 0 Å². The quantitative estimate of drug-likeness (QED) is 0.791. The first-order valence-corrected chi connectivity index (χ1v) is 7.60. The molecular weight excluding hydrogens is 274 g/mol. The second kappa shape index (κ2) is 5.34. The topological polar surface area (TPSA) is 39.9 Å². The fourth-order valence-electron chi connectivity index (χ4n) is 2.98. The van der Waals surface area contributed by atoms with Crippen molar-refractivity contribution in [2.75, 3.05) is 6.61 Å². The molecule has 1 fully saturated rings. The highest BCUT2D eigenvalue weighted by Gasteiger charge is 2.27. The molecule has 1 saturated heterocycles. The molecule has 0 bridgehead atoms. The van der Waals surface area contributed by atoms with Crippen molar-refractivity contribution in [1.29, 1.82) is 0 Å². The van der Waals surface area contributed by atoms with Crippen molar-refractivity contribution in [1.82, 2.24) is 14.5 Å². The molecule has 5 heteroatoms. The van der Waals surface area contributed by atoms with Crippen LogP contribution in [0, 0.1) is 6.92 Å². The number of nitrogens with zero attached hydrogens (tertiary/aromatic N) is 3. The van der Waals surface area contributed by atoms with Crippen LogP contribution in [0.3, 0.4) is 0 Å². The Morgan fingerprint density at radius 1 is 1.50 bits per heavy atom. The van der Waals surface area contributed by atoms with E-state index in [0.717, 1.165) is 42.0 Å². The van der Waals surface area contributed by atoms with Crippen molar-refractivity contribution in [3.05, 3.63) is 23.7 Å². The smallest absolute Gasteiger partial charge is 0.160 e. The predicted octanol–water partition coefficient (Wildman–Crippen LogP) is 3.78. The first-order valence-electron chi connectivity index (χ1n) is 7.17. The molecule has 0 saturated carbocycles. The Hall–Kier alpha value is -1.13. The number of aryl methyl sites for hydroxylation is 1. The van der Waals surface area contributed by atoms with Gasteiger partial charge in [0.25, 0.3) is 0 Å². The van der Waals surface area contributed by atoms with Crippen LogP contribution in [-0.2, 0) is 4.74 Å². The molecule has 1 aliphatic rings. The van der Waals surface area contributed by atoms with Gasteiger partial charge in [-0.1, -0.05) is 0 Å². The van der Waals surface area contributed by atoms with Gasteiger partial charge in [0.1, 0.15) is 11.3 Å². The van der Waals surface area contributed by atoms with Gasteiger partial charge in [0, 0.05) is 18.8 Å². The lowest BCUT2D eigenvalue weighted by Crippen LogP contribution is -2.26. The predicted molar refractivity (Wildman–Crippen MR) is 80.2 cm³/mol. The van der Waals surface area contributed by atoms with Crippen molar-refractivity contribution >= 4 is 22.8 Å². The normalized spacial score (nSPS) is 25.0. The maximum Gasteiger partial charge on any atom is 0.160 e. The number of aromatic nitrogens is 3. The lowest BCUT2D eigenvalue weighted by molar-refractivity contribution is 0.00612. The maximum atomic E-state index is 6.35. The molecular formula is C15H20ClN3O. The molecule has 2 aromatic heterocycles. The molecule has 1 aliphatic heterocycles. The van der Waals surface area contributed by atoms with E-state index >= 15 is 0 Å². The van der Waals surface area contributed by atoms with Gasteiger partial charge in [-0.05, 0) is 45.2 Å². The van der Waals surface area contributed by atoms with Crippen LogP contribution < -0.4 is 0 Å². The van der Waals surface area contributed by atoms with E-state index in [2.05, 4.69) is 23.4 Å². The van der Waals surface area contributed by atoms with Gasteiger partial charge in [-0.25, -0.2) is 9.97 Å². The van der Waals surface area contributed by atoms with E-state index in [1.807, 2.05) is 19.2 Å². The average Bonchev–Trinajstić information content (AvgIpc) is 2.80. The molecule has 3 rings (SSSR count). The number of halogens is 1. The minimum absolute atomic E-state index is 0.123. The van der Waals surface area contributed by atoms with E-state index < -0.39 is 0 Å². The molecule has 0 radical (unpaired) electrons. The lowest BCUT2D eigenvalue weighted by atomic mass is 10.0. The van der Waals surface area contributed by atoms with E-state index in [0.29, 0.717) is 6.04 Å². The third-order valence-corrected chi connectivity index (χ3v) is 4.18. The van der Waals surface area contributed by atoms with Crippen LogP contribution in [0.1, 0.15) is 49.5 Å². The van der Waals surface area contributed by atoms with Gasteiger partial charge >= 0.3 is 0 Å². The van der Waals surface area contributed by atoms with Gasteiger partial charge in [0.05, 0.1) is 11.5 Å². The summed E-state index contributed by atoms with van der Waals surface area (Å²) in [6, 6.07) is 2.36. The molecule has 0 amide bonds. The minimum Gasteiger partial charge on any atom is -0.378 e. The van der Waals surface area contributed by atoms with Crippen molar-refractivity contribution in [3.8, 4) is 0 Å². The third-order valence-electron chi connectivity index (χ3n) is 3.99. The first kappa shape index (κ1) is 13.8. The molecule has 3 heterocycles. The molecule has 2 aromatic rings. The van der Waals surface area contributed by atoms with Crippen LogP contribution in [0.25, 0.3) is 11.2 Å². The van der Waals surface area contributed by atoms with Gasteiger partial charge in [-0.3, -0.25) is 0 Å². The number of hydrogen-bond donors (Lipinski definition) is 0. The SMILES string of the molecule is Cc1ccnc2c1nc(C(C)Cl)n2C1CCOC(C)C1. The maximum absolute atomic E-state index is 6.35. The van der Waals surface area contributed by atoms with Crippen molar-refractivity contribution < 1.29 is 4.74 Å². The summed E-state index contributed by atoms with van der Waals surface area (Å²) in [7, 11) is 0. The van der Waals surface area contributed by atoms with Gasteiger partial charge < -0.3 is 9.30 Å². The van der Waals surface area contributed by atoms with Crippen LogP contribution in [0.5, 0.6) is 0 Å². The Bertz CT molecular complexity index is 623. The molecule has 0 spiro atoms. The van der Waals surface area contributed by atoms with Crippen LogP contribution in [0.2, 0.25) is 0 Å². The Balaban J connectivity index is 2.16. The Labute approximate surface area is 124 Å². The van der Waals surface area contributed by atoms with Gasteiger partial charge in [-0.2, -0.15) is 0 Å². The van der Waals surface area contributed by atoms with Gasteiger partial charge in [0.2, 0.25) is 0 Å². The monoisotopic (exact) mass is 293 g/mol.